The second-order valence-corrected chi connectivity index (χ2v) is 12.8. The Balaban J connectivity index is 1.34. The van der Waals surface area contributed by atoms with Gasteiger partial charge in [-0.2, -0.15) is 9.97 Å². The number of carbonyl (C=O) groups is 1. The number of piperazine rings is 1. The lowest BCUT2D eigenvalue weighted by Crippen LogP contribution is -2.57. The van der Waals surface area contributed by atoms with Gasteiger partial charge in [-0.15, -0.1) is 0 Å². The van der Waals surface area contributed by atoms with E-state index in [0.717, 1.165) is 59.5 Å². The summed E-state index contributed by atoms with van der Waals surface area (Å²) in [6.45, 7) is 14.6. The molecule has 230 valence electrons. The predicted molar refractivity (Wildman–Crippen MR) is 171 cm³/mol. The third kappa shape index (κ3) is 6.04. The van der Waals surface area contributed by atoms with Gasteiger partial charge in [-0.25, -0.2) is 11.0 Å². The third-order valence-corrected chi connectivity index (χ3v) is 9.20. The second-order valence-electron chi connectivity index (χ2n) is 12.4. The van der Waals surface area contributed by atoms with Crippen molar-refractivity contribution in [3.63, 3.8) is 0 Å². The van der Waals surface area contributed by atoms with Crippen LogP contribution in [-0.2, 0) is 17.8 Å². The number of aromatic nitrogens is 2. The van der Waals surface area contributed by atoms with Crippen molar-refractivity contribution in [3.05, 3.63) is 76.5 Å². The first-order valence-electron chi connectivity index (χ1n) is 15.0. The van der Waals surface area contributed by atoms with Crippen molar-refractivity contribution in [3.8, 4) is 6.01 Å². The Labute approximate surface area is 262 Å². The summed E-state index contributed by atoms with van der Waals surface area (Å²) in [6.07, 6.45) is 2.91. The summed E-state index contributed by atoms with van der Waals surface area (Å²) in [5.41, 5.74) is 3.08. The van der Waals surface area contributed by atoms with Gasteiger partial charge < -0.3 is 29.2 Å². The highest BCUT2D eigenvalue weighted by Crippen LogP contribution is 2.46. The minimum absolute atomic E-state index is 0.0643. The van der Waals surface area contributed by atoms with Crippen molar-refractivity contribution in [2.75, 3.05) is 69.8 Å². The molecule has 3 aliphatic rings. The van der Waals surface area contributed by atoms with E-state index < -0.39 is 17.8 Å². The van der Waals surface area contributed by atoms with E-state index in [1.165, 1.54) is 4.90 Å². The molecule has 6 rings (SSSR count). The van der Waals surface area contributed by atoms with Gasteiger partial charge in [-0.3, -0.25) is 4.79 Å². The average molecular weight is 618 g/mol. The van der Waals surface area contributed by atoms with Crippen molar-refractivity contribution in [2.45, 2.75) is 31.8 Å². The lowest BCUT2D eigenvalue weighted by atomic mass is 10.0. The van der Waals surface area contributed by atoms with Crippen LogP contribution in [0.1, 0.15) is 24.1 Å². The standard InChI is InChI=1S/C33H37ClFN7O2/c1-22(35)31(43)42-16-15-41(18-24(42)17-36-2)30-25-11-14-40(28-10-6-8-23-7-5-9-26(34)29(23)28)19-27(25)37-32(38-30)44-21-33(12-13-33)20-39(3)4/h5-10,24H,1,11-21H2,3-4H3. The molecule has 1 aliphatic carbocycles. The van der Waals surface area contributed by atoms with Crippen LogP contribution in [0.15, 0.2) is 48.8 Å². The zero-order valence-electron chi connectivity index (χ0n) is 25.2. The van der Waals surface area contributed by atoms with Gasteiger partial charge in [0.2, 0.25) is 6.54 Å². The van der Waals surface area contributed by atoms with E-state index in [1.807, 2.05) is 18.2 Å². The summed E-state index contributed by atoms with van der Waals surface area (Å²) in [5, 5.41) is 2.81. The van der Waals surface area contributed by atoms with Crippen LogP contribution in [-0.4, -0.2) is 91.7 Å². The Kier molecular flexibility index (Phi) is 8.36. The molecule has 1 atom stereocenters. The smallest absolute Gasteiger partial charge is 0.318 e. The number of halogens is 2. The summed E-state index contributed by atoms with van der Waals surface area (Å²) < 4.78 is 20.2. The summed E-state index contributed by atoms with van der Waals surface area (Å²) in [5.74, 6) is -1.00. The number of ether oxygens (including phenoxy) is 1. The lowest BCUT2D eigenvalue weighted by molar-refractivity contribution is -0.131. The van der Waals surface area contributed by atoms with Crippen molar-refractivity contribution < 1.29 is 13.9 Å². The van der Waals surface area contributed by atoms with E-state index in [-0.39, 0.29) is 18.5 Å². The molecular weight excluding hydrogens is 581 g/mol. The van der Waals surface area contributed by atoms with Crippen LogP contribution in [0.25, 0.3) is 15.6 Å². The fraction of sp³-hybridized carbons (Fsp3) is 0.455. The lowest BCUT2D eigenvalue weighted by Gasteiger charge is -2.41. The number of nitrogens with zero attached hydrogens (tertiary/aromatic N) is 7. The number of anilines is 2. The van der Waals surface area contributed by atoms with Crippen molar-refractivity contribution in [1.82, 2.24) is 19.8 Å². The molecule has 1 aromatic heterocycles. The van der Waals surface area contributed by atoms with Crippen LogP contribution in [0.3, 0.4) is 0 Å². The van der Waals surface area contributed by atoms with Crippen LogP contribution in [0.2, 0.25) is 5.02 Å². The van der Waals surface area contributed by atoms with Gasteiger partial charge in [-0.1, -0.05) is 42.4 Å². The minimum atomic E-state index is -1.01. The van der Waals surface area contributed by atoms with E-state index in [1.54, 1.807) is 0 Å². The van der Waals surface area contributed by atoms with Crippen LogP contribution in [0.5, 0.6) is 6.01 Å². The summed E-state index contributed by atoms with van der Waals surface area (Å²) in [4.78, 5) is 34.0. The maximum atomic E-state index is 13.8. The molecule has 11 heteroatoms. The number of rotatable bonds is 9. The highest BCUT2D eigenvalue weighted by atomic mass is 35.5. The molecule has 1 saturated heterocycles. The Morgan fingerprint density at radius 1 is 1.18 bits per heavy atom. The van der Waals surface area contributed by atoms with Gasteiger partial charge in [0.1, 0.15) is 11.9 Å². The molecule has 0 bridgehead atoms. The van der Waals surface area contributed by atoms with Crippen molar-refractivity contribution in [2.24, 2.45) is 5.41 Å². The first-order valence-corrected chi connectivity index (χ1v) is 15.4. The zero-order chi connectivity index (χ0) is 31.0. The first kappa shape index (κ1) is 30.1. The number of carbonyl (C=O) groups excluding carboxylic acids is 1. The highest BCUT2D eigenvalue weighted by molar-refractivity contribution is 6.36. The van der Waals surface area contributed by atoms with E-state index in [4.69, 9.17) is 32.9 Å². The molecule has 0 N–H and O–H groups in total. The van der Waals surface area contributed by atoms with Gasteiger partial charge in [0, 0.05) is 54.8 Å². The number of hydrogen-bond acceptors (Lipinski definition) is 7. The molecule has 0 radical (unpaired) electrons. The Morgan fingerprint density at radius 2 is 1.95 bits per heavy atom. The molecule has 1 unspecified atom stereocenters. The first-order chi connectivity index (χ1) is 21.2. The SMILES string of the molecule is [C-]#[N+]CC1CN(c2nc(OCC3(CN(C)C)CC3)nc3c2CCN(c2cccc4cccc(Cl)c24)C3)CCN1C(=O)C(=C)F. The minimum Gasteiger partial charge on any atom is -0.463 e. The van der Waals surface area contributed by atoms with E-state index in [2.05, 4.69) is 58.4 Å². The summed E-state index contributed by atoms with van der Waals surface area (Å²) >= 11 is 6.69. The molecule has 3 aromatic rings. The largest absolute Gasteiger partial charge is 0.463 e. The molecular formula is C33H37ClFN7O2. The Hall–Kier alpha value is -3.94. The zero-order valence-corrected chi connectivity index (χ0v) is 26.0. The number of amides is 1. The Bertz CT molecular complexity index is 1630. The van der Waals surface area contributed by atoms with Gasteiger partial charge in [0.05, 0.1) is 23.9 Å². The predicted octanol–water partition coefficient (Wildman–Crippen LogP) is 4.99. The monoisotopic (exact) mass is 617 g/mol. The number of benzene rings is 2. The quantitative estimate of drug-likeness (QED) is 0.248. The van der Waals surface area contributed by atoms with Gasteiger partial charge >= 0.3 is 6.01 Å². The van der Waals surface area contributed by atoms with Gasteiger partial charge in [0.25, 0.3) is 5.91 Å². The molecule has 9 nitrogen and oxygen atoms in total. The molecule has 2 aliphatic heterocycles. The summed E-state index contributed by atoms with van der Waals surface area (Å²) in [6, 6.07) is 12.0. The molecule has 2 aromatic carbocycles. The van der Waals surface area contributed by atoms with E-state index >= 15 is 0 Å². The fourth-order valence-corrected chi connectivity index (χ4v) is 6.88. The maximum Gasteiger partial charge on any atom is 0.318 e. The molecule has 1 saturated carbocycles. The highest BCUT2D eigenvalue weighted by Gasteiger charge is 2.44. The maximum absolute atomic E-state index is 13.8. The fourth-order valence-electron chi connectivity index (χ4n) is 6.61. The molecule has 2 fully saturated rings. The number of fused-ring (bicyclic) bond motifs is 2. The van der Waals surface area contributed by atoms with Crippen molar-refractivity contribution >= 4 is 39.8 Å². The molecule has 3 heterocycles. The van der Waals surface area contributed by atoms with Crippen molar-refractivity contribution in [1.29, 1.82) is 0 Å². The van der Waals surface area contributed by atoms with E-state index in [9.17, 15) is 9.18 Å². The van der Waals surface area contributed by atoms with Crippen LogP contribution in [0, 0.1) is 12.0 Å². The van der Waals surface area contributed by atoms with Crippen LogP contribution < -0.4 is 14.5 Å². The second kappa shape index (κ2) is 12.2. The molecule has 44 heavy (non-hydrogen) atoms. The topological polar surface area (TPSA) is 69.4 Å². The third-order valence-electron chi connectivity index (χ3n) is 8.89. The molecule has 1 amide bonds. The Morgan fingerprint density at radius 3 is 2.66 bits per heavy atom. The average Bonchev–Trinajstić information content (AvgIpc) is 3.77. The van der Waals surface area contributed by atoms with Gasteiger partial charge in [-0.05, 0) is 50.9 Å². The normalized spacial score (nSPS) is 19.1. The van der Waals surface area contributed by atoms with Crippen LogP contribution in [0.4, 0.5) is 15.9 Å². The van der Waals surface area contributed by atoms with Gasteiger partial charge in [0.15, 0.2) is 5.83 Å². The molecule has 0 spiro atoms. The van der Waals surface area contributed by atoms with Crippen LogP contribution >= 0.6 is 11.6 Å². The van der Waals surface area contributed by atoms with E-state index in [0.29, 0.717) is 43.7 Å². The summed E-state index contributed by atoms with van der Waals surface area (Å²) in [7, 11) is 4.15. The number of hydrogen-bond donors (Lipinski definition) is 0.